The quantitative estimate of drug-likeness (QED) is 0.127. The smallest absolute Gasteiger partial charge is 0.0949 e. The van der Waals surface area contributed by atoms with Gasteiger partial charge in [-0.25, -0.2) is 0 Å². The molecule has 2 aromatic heterocycles. The van der Waals surface area contributed by atoms with Crippen LogP contribution in [-0.4, -0.2) is 10.9 Å². The van der Waals surface area contributed by atoms with Crippen molar-refractivity contribution >= 4 is 65.3 Å². The number of anilines is 1. The Kier molecular flexibility index (Phi) is 6.01. The highest BCUT2D eigenvalue weighted by atomic mass is 32.1. The first kappa shape index (κ1) is 24.8. The van der Waals surface area contributed by atoms with Crippen LogP contribution in [0, 0.1) is 5.92 Å². The number of para-hydroxylation sites is 1. The highest BCUT2D eigenvalue weighted by Crippen LogP contribution is 2.42. The summed E-state index contributed by atoms with van der Waals surface area (Å²) in [7, 11) is 0. The molecule has 3 nitrogen and oxygen atoms in total. The van der Waals surface area contributed by atoms with Gasteiger partial charge in [0.25, 0.3) is 0 Å². The van der Waals surface area contributed by atoms with E-state index >= 15 is 0 Å². The van der Waals surface area contributed by atoms with Crippen LogP contribution in [0.1, 0.15) is 18.0 Å². The van der Waals surface area contributed by atoms with E-state index in [9.17, 15) is 0 Å². The van der Waals surface area contributed by atoms with Crippen molar-refractivity contribution in [2.24, 2.45) is 10.9 Å². The second-order valence-corrected chi connectivity index (χ2v) is 12.0. The van der Waals surface area contributed by atoms with Crippen LogP contribution >= 0.6 is 11.3 Å². The molecule has 0 amide bonds. The molecule has 8 rings (SSSR count). The summed E-state index contributed by atoms with van der Waals surface area (Å²) < 4.78 is 4.90. The molecule has 0 saturated carbocycles. The second-order valence-electron chi connectivity index (χ2n) is 11.0. The minimum Gasteiger partial charge on any atom is -0.398 e. The van der Waals surface area contributed by atoms with E-state index < -0.39 is 0 Å². The Labute approximate surface area is 248 Å². The van der Waals surface area contributed by atoms with Crippen molar-refractivity contribution in [3.63, 3.8) is 0 Å². The van der Waals surface area contributed by atoms with Crippen molar-refractivity contribution in [3.8, 4) is 11.1 Å². The molecular weight excluding hydrogens is 531 g/mol. The fourth-order valence-electron chi connectivity index (χ4n) is 6.42. The summed E-state index contributed by atoms with van der Waals surface area (Å²) in [5.74, 6) is 0.234. The molecule has 1 aliphatic rings. The SMILES string of the molecule is Nc1ccccc1C(N=Cn1c2ccc(-c3ccccc3)cc2c2ccc3c4ccccc4sc3c21)C1C=CC=CC1. The number of aromatic nitrogens is 1. The Morgan fingerprint density at radius 1 is 0.762 bits per heavy atom. The topological polar surface area (TPSA) is 43.3 Å². The first-order valence-electron chi connectivity index (χ1n) is 14.4. The van der Waals surface area contributed by atoms with E-state index in [-0.39, 0.29) is 12.0 Å². The number of nitrogens with zero attached hydrogens (tertiary/aromatic N) is 2. The molecule has 202 valence electrons. The number of aliphatic imine (C=N–C) groups is 1. The van der Waals surface area contributed by atoms with Gasteiger partial charge in [0, 0.05) is 43.4 Å². The third-order valence-electron chi connectivity index (χ3n) is 8.49. The van der Waals surface area contributed by atoms with Crippen LogP contribution in [0.15, 0.2) is 138 Å². The number of nitrogens with two attached hydrogens (primary N) is 1. The summed E-state index contributed by atoms with van der Waals surface area (Å²) in [6, 6.07) is 38.7. The number of hydrogen-bond donors (Lipinski definition) is 1. The molecule has 42 heavy (non-hydrogen) atoms. The number of benzene rings is 5. The van der Waals surface area contributed by atoms with E-state index in [2.05, 4.69) is 132 Å². The maximum absolute atomic E-state index is 6.53. The van der Waals surface area contributed by atoms with Crippen molar-refractivity contribution in [2.75, 3.05) is 5.73 Å². The number of nitrogen functional groups attached to an aromatic ring is 1. The largest absolute Gasteiger partial charge is 0.398 e. The first-order valence-corrected chi connectivity index (χ1v) is 15.2. The van der Waals surface area contributed by atoms with Gasteiger partial charge in [0.05, 0.1) is 28.1 Å². The third-order valence-corrected chi connectivity index (χ3v) is 9.69. The van der Waals surface area contributed by atoms with Gasteiger partial charge in [-0.2, -0.15) is 0 Å². The molecule has 1 aliphatic carbocycles. The van der Waals surface area contributed by atoms with Crippen LogP contribution in [-0.2, 0) is 0 Å². The zero-order valence-electron chi connectivity index (χ0n) is 23.0. The van der Waals surface area contributed by atoms with Crippen molar-refractivity contribution in [2.45, 2.75) is 12.5 Å². The number of hydrogen-bond acceptors (Lipinski definition) is 3. The van der Waals surface area contributed by atoms with E-state index in [4.69, 9.17) is 10.7 Å². The van der Waals surface area contributed by atoms with Crippen molar-refractivity contribution < 1.29 is 0 Å². The molecule has 2 unspecified atom stereocenters. The monoisotopic (exact) mass is 559 g/mol. The van der Waals surface area contributed by atoms with Gasteiger partial charge in [-0.05, 0) is 41.8 Å². The lowest BCUT2D eigenvalue weighted by Gasteiger charge is -2.23. The van der Waals surface area contributed by atoms with Crippen molar-refractivity contribution in [3.05, 3.63) is 139 Å². The molecule has 2 heterocycles. The number of allylic oxidation sites excluding steroid dienone is 3. The van der Waals surface area contributed by atoms with E-state index in [1.54, 1.807) is 0 Å². The van der Waals surface area contributed by atoms with E-state index in [1.165, 1.54) is 47.6 Å². The normalized spacial score (nSPS) is 16.0. The lowest BCUT2D eigenvalue weighted by Crippen LogP contribution is -2.13. The number of rotatable bonds is 5. The van der Waals surface area contributed by atoms with Crippen molar-refractivity contribution in [1.29, 1.82) is 0 Å². The highest BCUT2D eigenvalue weighted by Gasteiger charge is 2.23. The summed E-state index contributed by atoms with van der Waals surface area (Å²) in [6.07, 6.45) is 11.7. The maximum atomic E-state index is 6.53. The van der Waals surface area contributed by atoms with Gasteiger partial charge < -0.3 is 5.73 Å². The molecule has 2 atom stereocenters. The Morgan fingerprint density at radius 3 is 2.43 bits per heavy atom. The fraction of sp³-hybridized carbons (Fsp3) is 0.0789. The minimum absolute atomic E-state index is 0.0925. The average Bonchev–Trinajstić information content (AvgIpc) is 3.58. The summed E-state index contributed by atoms with van der Waals surface area (Å²) in [5, 5.41) is 5.05. The fourth-order valence-corrected chi connectivity index (χ4v) is 7.67. The van der Waals surface area contributed by atoms with Crippen LogP contribution in [0.4, 0.5) is 5.69 Å². The predicted octanol–water partition coefficient (Wildman–Crippen LogP) is 10.2. The average molecular weight is 560 g/mol. The molecule has 0 aliphatic heterocycles. The molecular formula is C38H29N3S. The molecule has 0 bridgehead atoms. The number of fused-ring (bicyclic) bond motifs is 7. The van der Waals surface area contributed by atoms with Crippen LogP contribution < -0.4 is 5.73 Å². The summed E-state index contributed by atoms with van der Waals surface area (Å²) in [6.45, 7) is 0. The summed E-state index contributed by atoms with van der Waals surface area (Å²) in [5.41, 5.74) is 13.2. The highest BCUT2D eigenvalue weighted by molar-refractivity contribution is 7.26. The molecule has 5 aromatic carbocycles. The summed E-state index contributed by atoms with van der Waals surface area (Å²) >= 11 is 1.86. The molecule has 0 fully saturated rings. The van der Waals surface area contributed by atoms with Gasteiger partial charge in [-0.1, -0.05) is 109 Å². The van der Waals surface area contributed by atoms with Gasteiger partial charge in [-0.3, -0.25) is 9.56 Å². The standard InChI is InChI=1S/C38H29N3S/c39-33-17-9-7-16-31(33)36(26-13-5-2-6-14-26)40-24-41-34-22-19-27(25-11-3-1-4-12-25)23-32(34)29-20-21-30-28-15-8-10-18-35(28)42-38(30)37(29)41/h1-13,15-24,26,36H,14,39H2. The van der Waals surface area contributed by atoms with E-state index in [0.717, 1.165) is 23.2 Å². The van der Waals surface area contributed by atoms with Crippen LogP contribution in [0.5, 0.6) is 0 Å². The van der Waals surface area contributed by atoms with Crippen LogP contribution in [0.2, 0.25) is 0 Å². The Balaban J connectivity index is 1.39. The molecule has 2 N–H and O–H groups in total. The summed E-state index contributed by atoms with van der Waals surface area (Å²) in [4.78, 5) is 5.34. The predicted molar refractivity (Wildman–Crippen MR) is 182 cm³/mol. The van der Waals surface area contributed by atoms with Crippen molar-refractivity contribution in [1.82, 2.24) is 4.57 Å². The lowest BCUT2D eigenvalue weighted by molar-refractivity contribution is 0.528. The Morgan fingerprint density at radius 2 is 1.57 bits per heavy atom. The third kappa shape index (κ3) is 4.07. The van der Waals surface area contributed by atoms with Gasteiger partial charge in [0.1, 0.15) is 0 Å². The first-order chi connectivity index (χ1) is 20.8. The van der Waals surface area contributed by atoms with Gasteiger partial charge in [-0.15, -0.1) is 11.3 Å². The number of thiophene rings is 1. The lowest BCUT2D eigenvalue weighted by atomic mass is 9.87. The molecule has 0 spiro atoms. The van der Waals surface area contributed by atoms with Gasteiger partial charge in [0.15, 0.2) is 0 Å². The van der Waals surface area contributed by atoms with Crippen LogP contribution in [0.3, 0.4) is 0 Å². The molecule has 0 radical (unpaired) electrons. The molecule has 0 saturated heterocycles. The van der Waals surface area contributed by atoms with E-state index in [0.29, 0.717) is 0 Å². The van der Waals surface area contributed by atoms with Crippen LogP contribution in [0.25, 0.3) is 53.1 Å². The van der Waals surface area contributed by atoms with E-state index in [1.807, 2.05) is 23.5 Å². The van der Waals surface area contributed by atoms with Gasteiger partial charge >= 0.3 is 0 Å². The molecule has 7 aromatic rings. The maximum Gasteiger partial charge on any atom is 0.0949 e. The minimum atomic E-state index is -0.0925. The Hall–Kier alpha value is -4.93. The molecule has 4 heteroatoms. The van der Waals surface area contributed by atoms with Gasteiger partial charge in [0.2, 0.25) is 0 Å². The second kappa shape index (κ2) is 10.2. The zero-order chi connectivity index (χ0) is 28.0. The Bertz CT molecular complexity index is 2200. The zero-order valence-corrected chi connectivity index (χ0v) is 23.8.